The summed E-state index contributed by atoms with van der Waals surface area (Å²) in [6.45, 7) is 0. The summed E-state index contributed by atoms with van der Waals surface area (Å²) in [5, 5.41) is 11.1. The van der Waals surface area contributed by atoms with Gasteiger partial charge in [0.1, 0.15) is 0 Å². The van der Waals surface area contributed by atoms with E-state index in [-0.39, 0.29) is 0 Å². The lowest BCUT2D eigenvalue weighted by Gasteiger charge is -2.05. The number of hydrogen-bond donors (Lipinski definition) is 1. The summed E-state index contributed by atoms with van der Waals surface area (Å²) in [5.74, 6) is 0. The Balaban J connectivity index is 0.000000189. The molecule has 1 fully saturated rings. The molecule has 1 aromatic rings. The second kappa shape index (κ2) is 11.7. The van der Waals surface area contributed by atoms with E-state index >= 15 is 0 Å². The third kappa shape index (κ3) is 9.57. The average molecular weight is 200 g/mol. The van der Waals surface area contributed by atoms with E-state index in [2.05, 4.69) is 0 Å². The Morgan fingerprint density at radius 3 is 1.23 bits per heavy atom. The van der Waals surface area contributed by atoms with Crippen molar-refractivity contribution in [3.63, 3.8) is 0 Å². The number of aliphatic hydroxyl groups excluding tert-OH is 1. The third-order valence-electron chi connectivity index (χ3n) is 1.93. The average Bonchev–Trinajstić information content (AvgIpc) is 2.82. The van der Waals surface area contributed by atoms with Crippen LogP contribution in [0.15, 0.2) is 22.9 Å². The molecular formula is C11H20OS. The topological polar surface area (TPSA) is 20.2 Å². The fraction of sp³-hybridized carbons (Fsp3) is 0.636. The van der Waals surface area contributed by atoms with E-state index in [4.69, 9.17) is 5.11 Å². The third-order valence-corrected chi connectivity index (χ3v) is 2.55. The van der Waals surface area contributed by atoms with Crippen molar-refractivity contribution in [2.45, 2.75) is 38.5 Å². The first-order valence-electron chi connectivity index (χ1n) is 4.92. The van der Waals surface area contributed by atoms with Crippen molar-refractivity contribution >= 4 is 11.3 Å². The van der Waals surface area contributed by atoms with Crippen LogP contribution in [0.1, 0.15) is 38.5 Å². The summed E-state index contributed by atoms with van der Waals surface area (Å²) in [4.78, 5) is 0. The van der Waals surface area contributed by atoms with Crippen molar-refractivity contribution < 1.29 is 5.11 Å². The van der Waals surface area contributed by atoms with Crippen molar-refractivity contribution in [3.8, 4) is 0 Å². The van der Waals surface area contributed by atoms with Crippen LogP contribution in [0.2, 0.25) is 0 Å². The van der Waals surface area contributed by atoms with Gasteiger partial charge in [0.15, 0.2) is 0 Å². The van der Waals surface area contributed by atoms with Gasteiger partial charge in [0, 0.05) is 7.11 Å². The molecule has 1 aromatic heterocycles. The van der Waals surface area contributed by atoms with Gasteiger partial charge in [0.05, 0.1) is 0 Å². The van der Waals surface area contributed by atoms with Crippen molar-refractivity contribution in [2.75, 3.05) is 7.11 Å². The monoisotopic (exact) mass is 200 g/mol. The predicted molar refractivity (Wildman–Crippen MR) is 60.2 cm³/mol. The number of thiophene rings is 1. The Kier molecular flexibility index (Phi) is 11.4. The van der Waals surface area contributed by atoms with Gasteiger partial charge >= 0.3 is 0 Å². The maximum atomic E-state index is 7.00. The highest BCUT2D eigenvalue weighted by atomic mass is 32.1. The fourth-order valence-corrected chi connectivity index (χ4v) is 1.74. The minimum atomic E-state index is 1.00. The largest absolute Gasteiger partial charge is 0.400 e. The van der Waals surface area contributed by atoms with Crippen molar-refractivity contribution in [3.05, 3.63) is 22.9 Å². The van der Waals surface area contributed by atoms with Crippen LogP contribution < -0.4 is 0 Å². The van der Waals surface area contributed by atoms with Gasteiger partial charge in [-0.3, -0.25) is 0 Å². The van der Waals surface area contributed by atoms with Gasteiger partial charge in [-0.25, -0.2) is 0 Å². The Bertz CT molecular complexity index is 116. The van der Waals surface area contributed by atoms with E-state index in [1.54, 1.807) is 11.3 Å². The molecule has 0 unspecified atom stereocenters. The van der Waals surface area contributed by atoms with E-state index < -0.39 is 0 Å². The molecule has 1 heterocycles. The Hall–Kier alpha value is -0.340. The van der Waals surface area contributed by atoms with E-state index in [1.165, 1.54) is 38.5 Å². The molecule has 1 aliphatic carbocycles. The predicted octanol–water partition coefficient (Wildman–Crippen LogP) is 3.70. The molecule has 0 saturated heterocycles. The molecule has 0 amide bonds. The molecule has 1 N–H and O–H groups in total. The van der Waals surface area contributed by atoms with Gasteiger partial charge in [-0.15, -0.1) is 0 Å². The molecular weight excluding hydrogens is 180 g/mol. The van der Waals surface area contributed by atoms with Crippen LogP contribution >= 0.6 is 11.3 Å². The highest BCUT2D eigenvalue weighted by Gasteiger charge is 1.95. The summed E-state index contributed by atoms with van der Waals surface area (Å²) >= 11 is 1.71. The quantitative estimate of drug-likeness (QED) is 0.677. The summed E-state index contributed by atoms with van der Waals surface area (Å²) in [6.07, 6.45) is 9.00. The van der Waals surface area contributed by atoms with E-state index in [1.807, 2.05) is 22.9 Å². The molecule has 2 rings (SSSR count). The molecule has 0 aromatic carbocycles. The number of hydrogen-bond acceptors (Lipinski definition) is 2. The number of rotatable bonds is 0. The normalized spacial score (nSPS) is 14.6. The smallest absolute Gasteiger partial charge is 0.0319 e. The maximum Gasteiger partial charge on any atom is 0.0319 e. The lowest BCUT2D eigenvalue weighted by Crippen LogP contribution is -1.85. The molecule has 0 spiro atoms. The molecule has 1 aliphatic rings. The fourth-order valence-electron chi connectivity index (χ4n) is 1.29. The van der Waals surface area contributed by atoms with Crippen LogP contribution in [0.5, 0.6) is 0 Å². The van der Waals surface area contributed by atoms with Crippen LogP contribution in [0.4, 0.5) is 0 Å². The van der Waals surface area contributed by atoms with E-state index in [0.717, 1.165) is 7.11 Å². The van der Waals surface area contributed by atoms with E-state index in [9.17, 15) is 0 Å². The minimum Gasteiger partial charge on any atom is -0.400 e. The van der Waals surface area contributed by atoms with Crippen LogP contribution in [0.25, 0.3) is 0 Å². The molecule has 2 heteroatoms. The van der Waals surface area contributed by atoms with Gasteiger partial charge in [-0.1, -0.05) is 50.7 Å². The van der Waals surface area contributed by atoms with Gasteiger partial charge in [-0.05, 0) is 10.8 Å². The number of aliphatic hydroxyl groups is 1. The molecule has 1 saturated carbocycles. The first-order chi connectivity index (χ1) is 6.50. The molecule has 13 heavy (non-hydrogen) atoms. The Morgan fingerprint density at radius 1 is 0.769 bits per heavy atom. The summed E-state index contributed by atoms with van der Waals surface area (Å²) < 4.78 is 0. The Labute approximate surface area is 85.4 Å². The molecule has 0 bridgehead atoms. The zero-order chi connectivity index (χ0) is 9.78. The zero-order valence-corrected chi connectivity index (χ0v) is 9.22. The van der Waals surface area contributed by atoms with Crippen molar-refractivity contribution in [1.82, 2.24) is 0 Å². The molecule has 0 radical (unpaired) electrons. The lowest BCUT2D eigenvalue weighted by atomic mass is 10.0. The van der Waals surface area contributed by atoms with Crippen molar-refractivity contribution in [2.24, 2.45) is 0 Å². The SMILES string of the molecule is C1CCCCC1.CO.c1ccsc1. The zero-order valence-electron chi connectivity index (χ0n) is 8.41. The second-order valence-corrected chi connectivity index (χ2v) is 3.73. The standard InChI is InChI=1S/C6H12.C4H4S.CH4O/c1-2-4-6-5-3-1;1-2-4-5-3-1;1-2/h1-6H2;1-4H;2H,1H3. The molecule has 1 nitrogen and oxygen atoms in total. The van der Waals surface area contributed by atoms with Gasteiger partial charge in [-0.2, -0.15) is 11.3 Å². The molecule has 0 atom stereocenters. The lowest BCUT2D eigenvalue weighted by molar-refractivity contribution is 0.399. The molecule has 0 aliphatic heterocycles. The summed E-state index contributed by atoms with van der Waals surface area (Å²) in [5.41, 5.74) is 0. The highest BCUT2D eigenvalue weighted by Crippen LogP contribution is 2.15. The highest BCUT2D eigenvalue weighted by molar-refractivity contribution is 7.07. The van der Waals surface area contributed by atoms with Gasteiger partial charge < -0.3 is 5.11 Å². The second-order valence-electron chi connectivity index (χ2n) is 2.91. The summed E-state index contributed by atoms with van der Waals surface area (Å²) in [7, 11) is 1.00. The van der Waals surface area contributed by atoms with Crippen LogP contribution in [-0.2, 0) is 0 Å². The Morgan fingerprint density at radius 2 is 1.08 bits per heavy atom. The first kappa shape index (κ1) is 12.7. The van der Waals surface area contributed by atoms with Crippen molar-refractivity contribution in [1.29, 1.82) is 0 Å². The van der Waals surface area contributed by atoms with Crippen LogP contribution in [-0.4, -0.2) is 12.2 Å². The van der Waals surface area contributed by atoms with E-state index in [0.29, 0.717) is 0 Å². The summed E-state index contributed by atoms with van der Waals surface area (Å²) in [6, 6.07) is 4.04. The first-order valence-corrected chi connectivity index (χ1v) is 5.86. The maximum absolute atomic E-state index is 7.00. The van der Waals surface area contributed by atoms with Gasteiger partial charge in [0.2, 0.25) is 0 Å². The van der Waals surface area contributed by atoms with Crippen LogP contribution in [0, 0.1) is 0 Å². The minimum absolute atomic E-state index is 1.00. The van der Waals surface area contributed by atoms with Gasteiger partial charge in [0.25, 0.3) is 0 Å². The van der Waals surface area contributed by atoms with Crippen LogP contribution in [0.3, 0.4) is 0 Å². The molecule has 76 valence electrons.